The number of carbonyl (C=O) groups excluding carboxylic acids is 1. The fourth-order valence-corrected chi connectivity index (χ4v) is 6.09. The number of methoxy groups -OCH3 is 1. The average Bonchev–Trinajstić information content (AvgIpc) is 3.43. The van der Waals surface area contributed by atoms with E-state index >= 15 is 0 Å². The molecule has 0 spiro atoms. The van der Waals surface area contributed by atoms with Gasteiger partial charge in [0.2, 0.25) is 0 Å². The summed E-state index contributed by atoms with van der Waals surface area (Å²) in [7, 11) is 1.43. The summed E-state index contributed by atoms with van der Waals surface area (Å²) in [6.07, 6.45) is -0.684. The number of hydrogen-bond donors (Lipinski definition) is 2. The minimum Gasteiger partial charge on any atom is -0.504 e. The van der Waals surface area contributed by atoms with Gasteiger partial charge in [0, 0.05) is 11.7 Å². The Balaban J connectivity index is 1.41. The van der Waals surface area contributed by atoms with Gasteiger partial charge in [0.15, 0.2) is 11.5 Å². The lowest BCUT2D eigenvalue weighted by molar-refractivity contribution is -0.141. The van der Waals surface area contributed by atoms with Crippen LogP contribution in [0.25, 0.3) is 11.1 Å². The van der Waals surface area contributed by atoms with Gasteiger partial charge in [0.1, 0.15) is 18.0 Å². The van der Waals surface area contributed by atoms with E-state index in [0.717, 1.165) is 22.3 Å². The van der Waals surface area contributed by atoms with E-state index in [0.29, 0.717) is 5.56 Å². The summed E-state index contributed by atoms with van der Waals surface area (Å²) in [4.78, 5) is 26.5. The van der Waals surface area contributed by atoms with Crippen molar-refractivity contribution in [3.05, 3.63) is 83.4 Å². The Bertz CT molecular complexity index is 1220. The minimum absolute atomic E-state index is 0.0308. The maximum Gasteiger partial charge on any atom is 0.411 e. The van der Waals surface area contributed by atoms with Crippen LogP contribution in [0.3, 0.4) is 0 Å². The van der Waals surface area contributed by atoms with Gasteiger partial charge in [0.25, 0.3) is 0 Å². The van der Waals surface area contributed by atoms with Crippen LogP contribution in [-0.2, 0) is 9.53 Å². The summed E-state index contributed by atoms with van der Waals surface area (Å²) >= 11 is 1.34. The molecule has 2 aliphatic rings. The molecule has 2 unspecified atom stereocenters. The molecule has 1 fully saturated rings. The Morgan fingerprint density at radius 3 is 2.29 bits per heavy atom. The van der Waals surface area contributed by atoms with E-state index in [1.807, 2.05) is 36.4 Å². The molecule has 5 rings (SSSR count). The molecular weight excluding hydrogens is 454 g/mol. The molecule has 8 heteroatoms. The van der Waals surface area contributed by atoms with Crippen LogP contribution < -0.4 is 4.74 Å². The highest BCUT2D eigenvalue weighted by Gasteiger charge is 2.44. The van der Waals surface area contributed by atoms with Crippen molar-refractivity contribution in [2.75, 3.05) is 19.5 Å². The molecule has 0 saturated carbocycles. The SMILES string of the molecule is COc1cc(C2SCC(C(=O)O)N2C(=O)OCC2c3ccccc3-c3ccccc32)ccc1O. The molecular formula is C26H23NO6S. The third kappa shape index (κ3) is 3.74. The molecule has 1 saturated heterocycles. The Hall–Kier alpha value is -3.65. The largest absolute Gasteiger partial charge is 0.504 e. The molecule has 1 amide bonds. The molecule has 0 radical (unpaired) electrons. The highest BCUT2D eigenvalue weighted by atomic mass is 32.2. The number of phenols is 1. The van der Waals surface area contributed by atoms with E-state index < -0.39 is 23.5 Å². The standard InChI is InChI=1S/C26H23NO6S/c1-32-23-12-15(10-11-22(23)28)24-27(21(14-34-24)25(29)30)26(31)33-13-20-18-8-4-2-6-16(18)17-7-3-5-9-19(17)20/h2-12,20-21,24,28H,13-14H2,1H3,(H,29,30). The van der Waals surface area contributed by atoms with Crippen molar-refractivity contribution < 1.29 is 29.3 Å². The molecule has 1 aliphatic heterocycles. The zero-order valence-corrected chi connectivity index (χ0v) is 19.2. The number of nitrogens with zero attached hydrogens (tertiary/aromatic N) is 1. The van der Waals surface area contributed by atoms with Gasteiger partial charge in [-0.25, -0.2) is 9.59 Å². The van der Waals surface area contributed by atoms with E-state index in [1.54, 1.807) is 12.1 Å². The Kier molecular flexibility index (Phi) is 5.83. The lowest BCUT2D eigenvalue weighted by Crippen LogP contribution is -2.43. The van der Waals surface area contributed by atoms with Gasteiger partial charge in [0.05, 0.1) is 7.11 Å². The van der Waals surface area contributed by atoms with Crippen LogP contribution in [0.2, 0.25) is 0 Å². The Morgan fingerprint density at radius 1 is 1.03 bits per heavy atom. The van der Waals surface area contributed by atoms with Crippen molar-refractivity contribution in [1.29, 1.82) is 0 Å². The number of carbonyl (C=O) groups is 2. The first-order valence-corrected chi connectivity index (χ1v) is 11.9. The fraction of sp³-hybridized carbons (Fsp3) is 0.231. The average molecular weight is 478 g/mol. The second-order valence-electron chi connectivity index (χ2n) is 8.18. The first kappa shape index (κ1) is 22.2. The van der Waals surface area contributed by atoms with Gasteiger partial charge in [-0.05, 0) is 39.9 Å². The van der Waals surface area contributed by atoms with E-state index in [1.165, 1.54) is 29.8 Å². The maximum atomic E-state index is 13.3. The normalized spacial score (nSPS) is 18.9. The summed E-state index contributed by atoms with van der Waals surface area (Å²) in [6, 6.07) is 19.8. The second kappa shape index (κ2) is 8.95. The number of rotatable bonds is 5. The summed E-state index contributed by atoms with van der Waals surface area (Å²) in [6.45, 7) is 0.103. The van der Waals surface area contributed by atoms with Crippen LogP contribution in [0.5, 0.6) is 11.5 Å². The van der Waals surface area contributed by atoms with Crippen molar-refractivity contribution in [3.8, 4) is 22.6 Å². The number of aromatic hydroxyl groups is 1. The van der Waals surface area contributed by atoms with E-state index in [-0.39, 0.29) is 29.8 Å². The monoisotopic (exact) mass is 477 g/mol. The van der Waals surface area contributed by atoms with Crippen molar-refractivity contribution in [2.24, 2.45) is 0 Å². The number of ether oxygens (including phenoxy) is 2. The van der Waals surface area contributed by atoms with Crippen molar-refractivity contribution >= 4 is 23.8 Å². The minimum atomic E-state index is -1.09. The van der Waals surface area contributed by atoms with Crippen LogP contribution in [-0.4, -0.2) is 52.7 Å². The van der Waals surface area contributed by atoms with Gasteiger partial charge < -0.3 is 19.7 Å². The number of benzene rings is 3. The molecule has 1 heterocycles. The molecule has 2 N–H and O–H groups in total. The second-order valence-corrected chi connectivity index (χ2v) is 9.30. The molecule has 2 atom stereocenters. The number of thioether (sulfide) groups is 1. The third-order valence-electron chi connectivity index (χ3n) is 6.32. The zero-order valence-electron chi connectivity index (χ0n) is 18.4. The van der Waals surface area contributed by atoms with Gasteiger partial charge in [-0.2, -0.15) is 0 Å². The lowest BCUT2D eigenvalue weighted by atomic mass is 9.98. The van der Waals surface area contributed by atoms with Crippen molar-refractivity contribution in [3.63, 3.8) is 0 Å². The molecule has 3 aromatic carbocycles. The molecule has 3 aromatic rings. The highest BCUT2D eigenvalue weighted by Crippen LogP contribution is 2.46. The maximum absolute atomic E-state index is 13.3. The number of carboxylic acid groups (broad SMARTS) is 1. The summed E-state index contributed by atoms with van der Waals surface area (Å²) in [5.41, 5.74) is 5.06. The Labute approximate surface area is 200 Å². The van der Waals surface area contributed by atoms with Gasteiger partial charge in [-0.3, -0.25) is 4.90 Å². The quantitative estimate of drug-likeness (QED) is 0.542. The smallest absolute Gasteiger partial charge is 0.411 e. The first-order chi connectivity index (χ1) is 16.5. The van der Waals surface area contributed by atoms with Crippen LogP contribution in [0.15, 0.2) is 66.7 Å². The van der Waals surface area contributed by atoms with E-state index in [9.17, 15) is 19.8 Å². The van der Waals surface area contributed by atoms with Crippen molar-refractivity contribution in [2.45, 2.75) is 17.3 Å². The summed E-state index contributed by atoms with van der Waals surface area (Å²) in [5.74, 6) is -0.759. The number of phenolic OH excluding ortho intramolecular Hbond substituents is 1. The summed E-state index contributed by atoms with van der Waals surface area (Å²) in [5, 5.41) is 19.1. The van der Waals surface area contributed by atoms with Gasteiger partial charge >= 0.3 is 12.1 Å². The zero-order chi connectivity index (χ0) is 23.8. The molecule has 0 aromatic heterocycles. The highest BCUT2D eigenvalue weighted by molar-refractivity contribution is 7.99. The van der Waals surface area contributed by atoms with Crippen LogP contribution in [0.4, 0.5) is 4.79 Å². The van der Waals surface area contributed by atoms with E-state index in [2.05, 4.69) is 12.1 Å². The fourth-order valence-electron chi connectivity index (χ4n) is 4.69. The Morgan fingerprint density at radius 2 is 1.68 bits per heavy atom. The molecule has 7 nitrogen and oxygen atoms in total. The van der Waals surface area contributed by atoms with Gasteiger partial charge in [-0.1, -0.05) is 54.6 Å². The molecule has 1 aliphatic carbocycles. The van der Waals surface area contributed by atoms with Crippen molar-refractivity contribution in [1.82, 2.24) is 4.90 Å². The summed E-state index contributed by atoms with van der Waals surface area (Å²) < 4.78 is 11.0. The predicted molar refractivity (Wildman–Crippen MR) is 128 cm³/mol. The molecule has 0 bridgehead atoms. The van der Waals surface area contributed by atoms with Crippen LogP contribution in [0, 0.1) is 0 Å². The lowest BCUT2D eigenvalue weighted by Gasteiger charge is -2.28. The number of fused-ring (bicyclic) bond motifs is 3. The molecule has 174 valence electrons. The van der Waals surface area contributed by atoms with Gasteiger partial charge in [-0.15, -0.1) is 11.8 Å². The van der Waals surface area contributed by atoms with Crippen LogP contribution >= 0.6 is 11.8 Å². The number of aliphatic carboxylic acids is 1. The predicted octanol–water partition coefficient (Wildman–Crippen LogP) is 4.85. The van der Waals surface area contributed by atoms with Crippen LogP contribution in [0.1, 0.15) is 28.0 Å². The number of amides is 1. The first-order valence-electron chi connectivity index (χ1n) is 10.8. The van der Waals surface area contributed by atoms with E-state index in [4.69, 9.17) is 9.47 Å². The number of hydrogen-bond acceptors (Lipinski definition) is 6. The third-order valence-corrected chi connectivity index (χ3v) is 7.64. The molecule has 34 heavy (non-hydrogen) atoms. The number of carboxylic acids is 1. The topological polar surface area (TPSA) is 96.3 Å².